The van der Waals surface area contributed by atoms with E-state index >= 15 is 0 Å². The summed E-state index contributed by atoms with van der Waals surface area (Å²) in [5, 5.41) is 1.03. The highest BCUT2D eigenvalue weighted by Gasteiger charge is 2.22. The molecule has 0 saturated carbocycles. The topological polar surface area (TPSA) is 68.7 Å². The van der Waals surface area contributed by atoms with Crippen LogP contribution in [0.25, 0.3) is 10.9 Å². The molecule has 0 aliphatic carbocycles. The third-order valence-electron chi connectivity index (χ3n) is 4.92. The lowest BCUT2D eigenvalue weighted by Gasteiger charge is -2.19. The molecule has 8 heteroatoms. The maximum absolute atomic E-state index is 14.0. The van der Waals surface area contributed by atoms with Gasteiger partial charge in [-0.2, -0.15) is 0 Å². The molecule has 0 radical (unpaired) electrons. The molecule has 0 bridgehead atoms. The van der Waals surface area contributed by atoms with Crippen LogP contribution in [0.1, 0.15) is 27.2 Å². The van der Waals surface area contributed by atoms with E-state index in [0.717, 1.165) is 10.9 Å². The third kappa shape index (κ3) is 5.00. The first-order valence-corrected chi connectivity index (χ1v) is 9.92. The summed E-state index contributed by atoms with van der Waals surface area (Å²) in [6.45, 7) is 1.37. The Kier molecular flexibility index (Phi) is 7.20. The van der Waals surface area contributed by atoms with E-state index in [1.165, 1.54) is 31.2 Å². The molecule has 0 unspecified atom stereocenters. The van der Waals surface area contributed by atoms with Gasteiger partial charge >= 0.3 is 5.97 Å². The first-order chi connectivity index (χ1) is 14.8. The normalized spacial score (nSPS) is 10.9. The van der Waals surface area contributed by atoms with E-state index in [1.54, 1.807) is 13.0 Å². The van der Waals surface area contributed by atoms with Gasteiger partial charge in [0, 0.05) is 36.7 Å². The average Bonchev–Trinajstić information content (AvgIpc) is 2.75. The van der Waals surface area contributed by atoms with Crippen LogP contribution in [0.15, 0.2) is 42.5 Å². The molecule has 0 spiro atoms. The monoisotopic (exact) mass is 444 g/mol. The molecule has 0 N–H and O–H groups in total. The molecule has 162 valence electrons. The minimum atomic E-state index is -0.673. The third-order valence-corrected chi connectivity index (χ3v) is 5.28. The molecule has 0 aliphatic heterocycles. The molecule has 0 aliphatic rings. The van der Waals surface area contributed by atoms with Crippen molar-refractivity contribution in [3.63, 3.8) is 0 Å². The van der Waals surface area contributed by atoms with Gasteiger partial charge in [-0.3, -0.25) is 4.79 Å². The van der Waals surface area contributed by atoms with Crippen LogP contribution in [0.2, 0.25) is 5.02 Å². The van der Waals surface area contributed by atoms with Crippen LogP contribution in [0.4, 0.5) is 4.39 Å². The van der Waals surface area contributed by atoms with E-state index < -0.39 is 24.3 Å². The van der Waals surface area contributed by atoms with Crippen molar-refractivity contribution in [2.24, 2.45) is 0 Å². The molecule has 0 saturated heterocycles. The minimum absolute atomic E-state index is 0.0482. The van der Waals surface area contributed by atoms with Gasteiger partial charge in [-0.25, -0.2) is 14.2 Å². The fraction of sp³-hybridized carbons (Fsp3) is 0.261. The standard InChI is InChI=1S/C23H22ClFN2O4/c1-14-15-7-4-5-10-19(15)26-20(12-30-3)22(14)23(29)31-13-21(28)27(2)11-16-17(24)8-6-9-18(16)25/h4-10H,11-13H2,1-3H3. The van der Waals surface area contributed by atoms with Crippen molar-refractivity contribution < 1.29 is 23.5 Å². The lowest BCUT2D eigenvalue weighted by molar-refractivity contribution is -0.133. The van der Waals surface area contributed by atoms with Gasteiger partial charge < -0.3 is 14.4 Å². The number of benzene rings is 2. The summed E-state index contributed by atoms with van der Waals surface area (Å²) in [5.74, 6) is -1.67. The smallest absolute Gasteiger partial charge is 0.340 e. The molecular formula is C23H22ClFN2O4. The van der Waals surface area contributed by atoms with Gasteiger partial charge in [-0.1, -0.05) is 35.9 Å². The fourth-order valence-electron chi connectivity index (χ4n) is 3.27. The van der Waals surface area contributed by atoms with Crippen LogP contribution in [0.5, 0.6) is 0 Å². The number of para-hydroxylation sites is 1. The number of aryl methyl sites for hydroxylation is 1. The Bertz CT molecular complexity index is 1120. The summed E-state index contributed by atoms with van der Waals surface area (Å²) in [5.41, 5.74) is 2.34. The predicted molar refractivity (Wildman–Crippen MR) is 115 cm³/mol. The number of ether oxygens (including phenoxy) is 2. The predicted octanol–water partition coefficient (Wildman–Crippen LogP) is 4.30. The Hall–Kier alpha value is -3.03. The second-order valence-corrected chi connectivity index (χ2v) is 7.44. The van der Waals surface area contributed by atoms with E-state index in [4.69, 9.17) is 21.1 Å². The first kappa shape index (κ1) is 22.7. The second kappa shape index (κ2) is 9.85. The van der Waals surface area contributed by atoms with Gasteiger partial charge in [0.15, 0.2) is 6.61 Å². The summed E-state index contributed by atoms with van der Waals surface area (Å²) >= 11 is 6.02. The van der Waals surface area contributed by atoms with E-state index in [1.807, 2.05) is 24.3 Å². The Morgan fingerprint density at radius 2 is 1.90 bits per heavy atom. The zero-order valence-corrected chi connectivity index (χ0v) is 18.2. The van der Waals surface area contributed by atoms with Crippen molar-refractivity contribution in [3.8, 4) is 0 Å². The molecule has 1 amide bonds. The highest BCUT2D eigenvalue weighted by Crippen LogP contribution is 2.24. The van der Waals surface area contributed by atoms with Crippen molar-refractivity contribution in [1.29, 1.82) is 0 Å². The molecule has 0 fully saturated rings. The quantitative estimate of drug-likeness (QED) is 0.508. The number of pyridine rings is 1. The minimum Gasteiger partial charge on any atom is -0.452 e. The lowest BCUT2D eigenvalue weighted by Crippen LogP contribution is -2.31. The number of esters is 1. The van der Waals surface area contributed by atoms with Crippen LogP contribution in [0.3, 0.4) is 0 Å². The summed E-state index contributed by atoms with van der Waals surface area (Å²) in [4.78, 5) is 31.0. The Morgan fingerprint density at radius 3 is 2.61 bits per heavy atom. The number of halogens is 2. The van der Waals surface area contributed by atoms with Crippen molar-refractivity contribution in [3.05, 3.63) is 75.7 Å². The van der Waals surface area contributed by atoms with E-state index in [-0.39, 0.29) is 29.3 Å². The van der Waals surface area contributed by atoms with Crippen LogP contribution < -0.4 is 0 Å². The van der Waals surface area contributed by atoms with Gasteiger partial charge in [0.25, 0.3) is 5.91 Å². The number of nitrogens with zero attached hydrogens (tertiary/aromatic N) is 2. The molecule has 0 atom stereocenters. The van der Waals surface area contributed by atoms with Crippen molar-refractivity contribution in [2.45, 2.75) is 20.1 Å². The maximum Gasteiger partial charge on any atom is 0.340 e. The maximum atomic E-state index is 14.0. The molecule has 3 rings (SSSR count). The van der Waals surface area contributed by atoms with Crippen molar-refractivity contribution in [2.75, 3.05) is 20.8 Å². The molecule has 3 aromatic rings. The number of rotatable bonds is 7. The molecule has 1 heterocycles. The van der Waals surface area contributed by atoms with Gasteiger partial charge in [0.1, 0.15) is 5.82 Å². The molecule has 1 aromatic heterocycles. The summed E-state index contributed by atoms with van der Waals surface area (Å²) in [6.07, 6.45) is 0. The first-order valence-electron chi connectivity index (χ1n) is 9.54. The van der Waals surface area contributed by atoms with Gasteiger partial charge in [-0.05, 0) is 30.7 Å². The fourth-order valence-corrected chi connectivity index (χ4v) is 3.49. The SMILES string of the molecule is COCc1nc2ccccc2c(C)c1C(=O)OCC(=O)N(C)Cc1c(F)cccc1Cl. The van der Waals surface area contributed by atoms with Crippen LogP contribution in [0, 0.1) is 12.7 Å². The number of fused-ring (bicyclic) bond motifs is 1. The molecular weight excluding hydrogens is 423 g/mol. The summed E-state index contributed by atoms with van der Waals surface area (Å²) < 4.78 is 24.4. The number of aromatic nitrogens is 1. The number of carbonyl (C=O) groups is 2. The number of carbonyl (C=O) groups excluding carboxylic acids is 2. The molecule has 31 heavy (non-hydrogen) atoms. The highest BCUT2D eigenvalue weighted by atomic mass is 35.5. The van der Waals surface area contributed by atoms with Crippen LogP contribution >= 0.6 is 11.6 Å². The number of hydrogen-bond donors (Lipinski definition) is 0. The van der Waals surface area contributed by atoms with Crippen molar-refractivity contribution >= 4 is 34.4 Å². The molecule has 2 aromatic carbocycles. The molecule has 6 nitrogen and oxygen atoms in total. The van der Waals surface area contributed by atoms with E-state index in [2.05, 4.69) is 4.98 Å². The Morgan fingerprint density at radius 1 is 1.16 bits per heavy atom. The van der Waals surface area contributed by atoms with Gasteiger partial charge in [0.05, 0.1) is 23.4 Å². The van der Waals surface area contributed by atoms with E-state index in [9.17, 15) is 14.0 Å². The summed E-state index contributed by atoms with van der Waals surface area (Å²) in [6, 6.07) is 11.7. The zero-order valence-electron chi connectivity index (χ0n) is 17.4. The zero-order chi connectivity index (χ0) is 22.5. The van der Waals surface area contributed by atoms with Crippen molar-refractivity contribution in [1.82, 2.24) is 9.88 Å². The number of methoxy groups -OCH3 is 1. The van der Waals surface area contributed by atoms with Crippen LogP contribution in [-0.4, -0.2) is 42.5 Å². The largest absolute Gasteiger partial charge is 0.452 e. The van der Waals surface area contributed by atoms with Crippen LogP contribution in [-0.2, 0) is 27.4 Å². The van der Waals surface area contributed by atoms with Gasteiger partial charge in [0.2, 0.25) is 0 Å². The average molecular weight is 445 g/mol. The second-order valence-electron chi connectivity index (χ2n) is 7.03. The van der Waals surface area contributed by atoms with E-state index in [0.29, 0.717) is 11.3 Å². The highest BCUT2D eigenvalue weighted by molar-refractivity contribution is 6.31. The Balaban J connectivity index is 1.75. The number of amides is 1. The number of hydrogen-bond acceptors (Lipinski definition) is 5. The van der Waals surface area contributed by atoms with Gasteiger partial charge in [-0.15, -0.1) is 0 Å². The number of likely N-dealkylation sites (N-methyl/N-ethyl adjacent to an activating group) is 1. The summed E-state index contributed by atoms with van der Waals surface area (Å²) in [7, 11) is 2.99. The Labute approximate surface area is 184 Å². The lowest BCUT2D eigenvalue weighted by atomic mass is 10.0.